The van der Waals surface area contributed by atoms with E-state index in [1.54, 1.807) is 7.05 Å². The first-order chi connectivity index (χ1) is 8.69. The highest BCUT2D eigenvalue weighted by molar-refractivity contribution is 14.0. The van der Waals surface area contributed by atoms with Crippen LogP contribution in [0.15, 0.2) is 9.52 Å². The van der Waals surface area contributed by atoms with E-state index in [2.05, 4.69) is 27.0 Å². The number of nitrogens with zero attached hydrogens (tertiary/aromatic N) is 2. The molecule has 0 radical (unpaired) electrons. The summed E-state index contributed by atoms with van der Waals surface area (Å²) in [5.74, 6) is 2.82. The Morgan fingerprint density at radius 1 is 1.32 bits per heavy atom. The molecule has 2 N–H and O–H groups in total. The molecular weight excluding hydrogens is 375 g/mol. The van der Waals surface area contributed by atoms with Crippen molar-refractivity contribution in [2.24, 2.45) is 4.99 Å². The van der Waals surface area contributed by atoms with Crippen LogP contribution in [0.5, 0.6) is 0 Å². The number of aryl methyl sites for hydroxylation is 2. The van der Waals surface area contributed by atoms with Crippen molar-refractivity contribution in [2.45, 2.75) is 20.3 Å². The number of rotatable bonds is 6. The molecule has 110 valence electrons. The van der Waals surface area contributed by atoms with Crippen molar-refractivity contribution >= 4 is 41.7 Å². The number of thioether (sulfide) groups is 1. The molecule has 1 heterocycles. The van der Waals surface area contributed by atoms with Gasteiger partial charge in [0, 0.05) is 31.5 Å². The van der Waals surface area contributed by atoms with Crippen molar-refractivity contribution in [3.63, 3.8) is 0 Å². The quantitative estimate of drug-likeness (QED) is 0.332. The molecule has 0 spiro atoms. The van der Waals surface area contributed by atoms with Gasteiger partial charge in [-0.05, 0) is 26.5 Å². The van der Waals surface area contributed by atoms with Gasteiger partial charge in [-0.3, -0.25) is 4.99 Å². The second-order valence-electron chi connectivity index (χ2n) is 3.97. The molecule has 1 rings (SSSR count). The first-order valence-electron chi connectivity index (χ1n) is 6.04. The molecule has 0 fully saturated rings. The molecule has 0 unspecified atom stereocenters. The fourth-order valence-corrected chi connectivity index (χ4v) is 1.96. The van der Waals surface area contributed by atoms with Crippen molar-refractivity contribution in [3.8, 4) is 0 Å². The molecular formula is C12H23IN4OS. The van der Waals surface area contributed by atoms with E-state index in [1.807, 2.05) is 25.6 Å². The lowest BCUT2D eigenvalue weighted by Crippen LogP contribution is -2.39. The standard InChI is InChI=1S/C12H22N4OS.HI/c1-9-11(10(2)17-16-9)5-6-14-12(13-3)15-7-8-18-4;/h5-8H2,1-4H3,(H2,13,14,15);1H. The highest BCUT2D eigenvalue weighted by Crippen LogP contribution is 2.11. The molecule has 1 aromatic heterocycles. The van der Waals surface area contributed by atoms with E-state index in [9.17, 15) is 0 Å². The minimum atomic E-state index is 0. The minimum Gasteiger partial charge on any atom is -0.361 e. The van der Waals surface area contributed by atoms with Crippen LogP contribution < -0.4 is 10.6 Å². The summed E-state index contributed by atoms with van der Waals surface area (Å²) in [7, 11) is 1.78. The molecule has 0 atom stereocenters. The Morgan fingerprint density at radius 3 is 2.53 bits per heavy atom. The van der Waals surface area contributed by atoms with Crippen molar-refractivity contribution in [1.29, 1.82) is 0 Å². The lowest BCUT2D eigenvalue weighted by Gasteiger charge is -2.11. The summed E-state index contributed by atoms with van der Waals surface area (Å²) in [5.41, 5.74) is 2.15. The number of aromatic nitrogens is 1. The number of nitrogens with one attached hydrogen (secondary N) is 2. The Kier molecular flexibility index (Phi) is 10.1. The Labute approximate surface area is 136 Å². The van der Waals surface area contributed by atoms with Gasteiger partial charge in [0.05, 0.1) is 5.69 Å². The highest BCUT2D eigenvalue weighted by Gasteiger charge is 2.08. The average molecular weight is 398 g/mol. The van der Waals surface area contributed by atoms with Gasteiger partial charge in [0.15, 0.2) is 5.96 Å². The normalized spacial score (nSPS) is 11.1. The lowest BCUT2D eigenvalue weighted by molar-refractivity contribution is 0.392. The monoisotopic (exact) mass is 398 g/mol. The van der Waals surface area contributed by atoms with E-state index in [4.69, 9.17) is 4.52 Å². The molecule has 0 saturated carbocycles. The second-order valence-corrected chi connectivity index (χ2v) is 4.96. The summed E-state index contributed by atoms with van der Waals surface area (Å²) in [6.45, 7) is 5.66. The van der Waals surface area contributed by atoms with Gasteiger partial charge < -0.3 is 15.2 Å². The van der Waals surface area contributed by atoms with Crippen LogP contribution in [-0.2, 0) is 6.42 Å². The molecule has 7 heteroatoms. The average Bonchev–Trinajstić information content (AvgIpc) is 2.68. The van der Waals surface area contributed by atoms with E-state index in [0.29, 0.717) is 0 Å². The van der Waals surface area contributed by atoms with E-state index in [1.165, 1.54) is 5.56 Å². The summed E-state index contributed by atoms with van der Waals surface area (Å²) >= 11 is 1.81. The minimum absolute atomic E-state index is 0. The van der Waals surface area contributed by atoms with Gasteiger partial charge in [-0.2, -0.15) is 11.8 Å². The molecule has 0 aliphatic rings. The zero-order valence-electron chi connectivity index (χ0n) is 11.9. The predicted molar refractivity (Wildman–Crippen MR) is 92.8 cm³/mol. The van der Waals surface area contributed by atoms with Gasteiger partial charge in [-0.1, -0.05) is 5.16 Å². The Morgan fingerprint density at radius 2 is 2.00 bits per heavy atom. The Bertz CT molecular complexity index is 376. The molecule has 1 aromatic rings. The van der Waals surface area contributed by atoms with Crippen molar-refractivity contribution in [3.05, 3.63) is 17.0 Å². The van der Waals surface area contributed by atoms with Crippen LogP contribution >= 0.6 is 35.7 Å². The number of halogens is 1. The predicted octanol–water partition coefficient (Wildman–Crippen LogP) is 1.98. The van der Waals surface area contributed by atoms with Crippen LogP contribution in [0.25, 0.3) is 0 Å². The highest BCUT2D eigenvalue weighted by atomic mass is 127. The van der Waals surface area contributed by atoms with Gasteiger partial charge in [-0.15, -0.1) is 24.0 Å². The molecule has 0 bridgehead atoms. The lowest BCUT2D eigenvalue weighted by atomic mass is 10.1. The third-order valence-electron chi connectivity index (χ3n) is 2.67. The van der Waals surface area contributed by atoms with Gasteiger partial charge in [-0.25, -0.2) is 0 Å². The number of aliphatic imine (C=N–C) groups is 1. The van der Waals surface area contributed by atoms with E-state index in [0.717, 1.165) is 42.7 Å². The fraction of sp³-hybridized carbons (Fsp3) is 0.667. The maximum absolute atomic E-state index is 5.13. The third-order valence-corrected chi connectivity index (χ3v) is 3.28. The zero-order chi connectivity index (χ0) is 13.4. The third kappa shape index (κ3) is 6.51. The maximum atomic E-state index is 5.13. The van der Waals surface area contributed by atoms with Crippen LogP contribution in [0.2, 0.25) is 0 Å². The van der Waals surface area contributed by atoms with Gasteiger partial charge in [0.1, 0.15) is 5.76 Å². The van der Waals surface area contributed by atoms with Crippen molar-refractivity contribution < 1.29 is 4.52 Å². The molecule has 19 heavy (non-hydrogen) atoms. The summed E-state index contributed by atoms with van der Waals surface area (Å²) in [5, 5.41) is 10.5. The maximum Gasteiger partial charge on any atom is 0.191 e. The summed E-state index contributed by atoms with van der Waals surface area (Å²) < 4.78 is 5.13. The SMILES string of the molecule is CN=C(NCCSC)NCCc1c(C)noc1C.I. The molecule has 0 aromatic carbocycles. The topological polar surface area (TPSA) is 62.5 Å². The van der Waals surface area contributed by atoms with Crippen LogP contribution in [0.3, 0.4) is 0 Å². The molecule has 5 nitrogen and oxygen atoms in total. The van der Waals surface area contributed by atoms with Gasteiger partial charge >= 0.3 is 0 Å². The molecule has 0 saturated heterocycles. The first kappa shape index (κ1) is 18.6. The van der Waals surface area contributed by atoms with Crippen LogP contribution in [-0.4, -0.2) is 43.3 Å². The molecule has 0 amide bonds. The van der Waals surface area contributed by atoms with E-state index < -0.39 is 0 Å². The molecule has 0 aliphatic heterocycles. The second kappa shape index (κ2) is 10.4. The van der Waals surface area contributed by atoms with Gasteiger partial charge in [0.2, 0.25) is 0 Å². The molecule has 0 aliphatic carbocycles. The van der Waals surface area contributed by atoms with Crippen molar-refractivity contribution in [2.75, 3.05) is 32.1 Å². The number of hydrogen-bond donors (Lipinski definition) is 2. The summed E-state index contributed by atoms with van der Waals surface area (Å²) in [6, 6.07) is 0. The summed E-state index contributed by atoms with van der Waals surface area (Å²) in [4.78, 5) is 4.17. The van der Waals surface area contributed by atoms with E-state index in [-0.39, 0.29) is 24.0 Å². The van der Waals surface area contributed by atoms with Crippen LogP contribution in [0.1, 0.15) is 17.0 Å². The Hall–Kier alpha value is -0.440. The number of guanidine groups is 1. The Balaban J connectivity index is 0.00000324. The van der Waals surface area contributed by atoms with Crippen LogP contribution in [0.4, 0.5) is 0 Å². The van der Waals surface area contributed by atoms with E-state index >= 15 is 0 Å². The zero-order valence-corrected chi connectivity index (χ0v) is 15.1. The first-order valence-corrected chi connectivity index (χ1v) is 7.43. The number of hydrogen-bond acceptors (Lipinski definition) is 4. The summed E-state index contributed by atoms with van der Waals surface area (Å²) in [6.07, 6.45) is 2.99. The smallest absolute Gasteiger partial charge is 0.191 e. The van der Waals surface area contributed by atoms with Crippen LogP contribution in [0, 0.1) is 13.8 Å². The fourth-order valence-electron chi connectivity index (χ4n) is 1.66. The van der Waals surface area contributed by atoms with Gasteiger partial charge in [0.25, 0.3) is 0 Å². The largest absolute Gasteiger partial charge is 0.361 e. The van der Waals surface area contributed by atoms with Crippen molar-refractivity contribution in [1.82, 2.24) is 15.8 Å².